The normalized spacial score (nSPS) is 12.1. The maximum Gasteiger partial charge on any atom is 0.267 e. The van der Waals surface area contributed by atoms with Crippen LogP contribution < -0.4 is 0 Å². The molecule has 0 N–H and O–H groups in total. The molecule has 15 heavy (non-hydrogen) atoms. The van der Waals surface area contributed by atoms with Gasteiger partial charge in [-0.1, -0.05) is 0 Å². The van der Waals surface area contributed by atoms with Gasteiger partial charge in [-0.25, -0.2) is 22.2 Å². The molecule has 0 saturated heterocycles. The van der Waals surface area contributed by atoms with Crippen LogP contribution in [0.2, 0.25) is 0 Å². The van der Waals surface area contributed by atoms with Crippen molar-refractivity contribution in [3.05, 3.63) is 20.8 Å². The highest BCUT2D eigenvalue weighted by atomic mass is 79.9. The first-order valence-electron chi connectivity index (χ1n) is 3.32. The average molecular weight is 385 g/mol. The fourth-order valence-electron chi connectivity index (χ4n) is 0.901. The van der Waals surface area contributed by atoms with Crippen LogP contribution in [0.15, 0.2) is 20.2 Å². The topological polar surface area (TPSA) is 47.0 Å². The lowest BCUT2D eigenvalue weighted by Crippen LogP contribution is -2.02. The molecule has 0 aromatic carbocycles. The quantitative estimate of drug-likeness (QED) is 0.579. The van der Waals surface area contributed by atoms with Gasteiger partial charge in [-0.15, -0.1) is 0 Å². The first-order valence-corrected chi connectivity index (χ1v) is 7.21. The molecule has 84 valence electrons. The number of hydrogen-bond donors (Lipinski definition) is 0. The molecular weight excluding hydrogens is 383 g/mol. The number of rotatable bonds is 2. The van der Waals surface area contributed by atoms with Crippen molar-refractivity contribution in [3.63, 3.8) is 0 Å². The van der Waals surface area contributed by atoms with E-state index in [0.717, 1.165) is 6.20 Å². The van der Waals surface area contributed by atoms with Gasteiger partial charge in [0.25, 0.3) is 15.5 Å². The Kier molecular flexibility index (Phi) is 4.07. The minimum absolute atomic E-state index is 0.101. The second kappa shape index (κ2) is 4.60. The summed E-state index contributed by atoms with van der Waals surface area (Å²) in [5.41, 5.74) is -0.751. The molecule has 1 rings (SSSR count). The van der Waals surface area contributed by atoms with Gasteiger partial charge in [0.2, 0.25) is 0 Å². The van der Waals surface area contributed by atoms with E-state index in [0.29, 0.717) is 0 Å². The Hall–Kier alpha value is 0.210. The summed E-state index contributed by atoms with van der Waals surface area (Å²) in [5, 5.41) is 0. The summed E-state index contributed by atoms with van der Waals surface area (Å²) in [6, 6.07) is 0. The minimum Gasteiger partial charge on any atom is -0.248 e. The molecule has 0 unspecified atom stereocenters. The summed E-state index contributed by atoms with van der Waals surface area (Å²) in [6.45, 7) is 0. The van der Waals surface area contributed by atoms with Crippen molar-refractivity contribution in [1.29, 1.82) is 0 Å². The third-order valence-corrected chi connectivity index (χ3v) is 4.32. The van der Waals surface area contributed by atoms with Crippen LogP contribution in [0.1, 0.15) is 12.0 Å². The zero-order chi connectivity index (χ0) is 11.8. The summed E-state index contributed by atoms with van der Waals surface area (Å²) < 4.78 is 47.0. The molecule has 1 aromatic heterocycles. The van der Waals surface area contributed by atoms with Crippen LogP contribution in [0, 0.1) is 0 Å². The molecule has 1 aromatic rings. The number of aromatic nitrogens is 1. The number of nitrogens with zero attached hydrogens (tertiary/aromatic N) is 1. The Bertz CT molecular complexity index is 494. The molecule has 0 aliphatic rings. The highest BCUT2D eigenvalue weighted by Crippen LogP contribution is 2.37. The first kappa shape index (κ1) is 13.3. The van der Waals surface area contributed by atoms with Crippen molar-refractivity contribution in [2.75, 3.05) is 0 Å². The van der Waals surface area contributed by atoms with E-state index in [1.54, 1.807) is 0 Å². The van der Waals surface area contributed by atoms with Crippen LogP contribution in [-0.4, -0.2) is 13.4 Å². The first-order chi connectivity index (χ1) is 6.75. The summed E-state index contributed by atoms with van der Waals surface area (Å²) in [5.74, 6) is 0. The van der Waals surface area contributed by atoms with E-state index in [1.807, 2.05) is 0 Å². The van der Waals surface area contributed by atoms with Crippen LogP contribution in [0.25, 0.3) is 0 Å². The van der Waals surface area contributed by atoms with Crippen molar-refractivity contribution in [2.24, 2.45) is 0 Å². The number of halogens is 5. The molecule has 0 spiro atoms. The molecule has 0 fully saturated rings. The molecule has 0 saturated carbocycles. The predicted octanol–water partition coefficient (Wildman–Crippen LogP) is 3.47. The monoisotopic (exact) mass is 383 g/mol. The lowest BCUT2D eigenvalue weighted by molar-refractivity contribution is 0.146. The molecule has 3 nitrogen and oxygen atoms in total. The van der Waals surface area contributed by atoms with E-state index in [-0.39, 0.29) is 9.08 Å². The zero-order valence-electron chi connectivity index (χ0n) is 6.72. The second-order valence-corrected chi connectivity index (χ2v) is 6.49. The van der Waals surface area contributed by atoms with Gasteiger partial charge >= 0.3 is 0 Å². The zero-order valence-corrected chi connectivity index (χ0v) is 11.5. The molecule has 0 amide bonds. The standard InChI is InChI=1S/C6H2Br2ClF2NO2S/c7-2-1-12-5(8)3(6(10)11)4(2)15(9,13)14/h1,6H. The third-order valence-electron chi connectivity index (χ3n) is 1.44. The summed E-state index contributed by atoms with van der Waals surface area (Å²) in [6.07, 6.45) is -1.92. The minimum atomic E-state index is -4.26. The highest BCUT2D eigenvalue weighted by Gasteiger charge is 2.28. The lowest BCUT2D eigenvalue weighted by atomic mass is 10.3. The molecule has 0 bridgehead atoms. The van der Waals surface area contributed by atoms with Gasteiger partial charge in [0.05, 0.1) is 10.0 Å². The number of hydrogen-bond acceptors (Lipinski definition) is 3. The fraction of sp³-hybridized carbons (Fsp3) is 0.167. The maximum atomic E-state index is 12.6. The van der Waals surface area contributed by atoms with Crippen LogP contribution in [-0.2, 0) is 9.05 Å². The van der Waals surface area contributed by atoms with Crippen LogP contribution >= 0.6 is 42.5 Å². The van der Waals surface area contributed by atoms with Gasteiger partial charge in [0, 0.05) is 16.9 Å². The Morgan fingerprint density at radius 2 is 1.93 bits per heavy atom. The average Bonchev–Trinajstić information content (AvgIpc) is 2.05. The van der Waals surface area contributed by atoms with Crippen LogP contribution in [0.4, 0.5) is 8.78 Å². The summed E-state index contributed by atoms with van der Waals surface area (Å²) >= 11 is 5.54. The van der Waals surface area contributed by atoms with Crippen molar-refractivity contribution < 1.29 is 17.2 Å². The third kappa shape index (κ3) is 2.86. The van der Waals surface area contributed by atoms with E-state index >= 15 is 0 Å². The fourth-order valence-corrected chi connectivity index (χ4v) is 3.97. The largest absolute Gasteiger partial charge is 0.267 e. The van der Waals surface area contributed by atoms with E-state index in [9.17, 15) is 17.2 Å². The Morgan fingerprint density at radius 3 is 2.27 bits per heavy atom. The van der Waals surface area contributed by atoms with Crippen LogP contribution in [0.5, 0.6) is 0 Å². The van der Waals surface area contributed by atoms with Crippen molar-refractivity contribution in [3.8, 4) is 0 Å². The molecule has 0 atom stereocenters. The Labute approximate surface area is 106 Å². The van der Waals surface area contributed by atoms with Gasteiger partial charge < -0.3 is 0 Å². The highest BCUT2D eigenvalue weighted by molar-refractivity contribution is 9.11. The van der Waals surface area contributed by atoms with Crippen molar-refractivity contribution in [2.45, 2.75) is 11.3 Å². The Morgan fingerprint density at radius 1 is 1.40 bits per heavy atom. The lowest BCUT2D eigenvalue weighted by Gasteiger charge is -2.09. The number of pyridine rings is 1. The van der Waals surface area contributed by atoms with Gasteiger partial charge in [0.15, 0.2) is 0 Å². The van der Waals surface area contributed by atoms with E-state index < -0.39 is 25.9 Å². The van der Waals surface area contributed by atoms with Gasteiger partial charge in [-0.05, 0) is 31.9 Å². The van der Waals surface area contributed by atoms with E-state index in [4.69, 9.17) is 10.7 Å². The smallest absolute Gasteiger partial charge is 0.248 e. The Balaban J connectivity index is 3.68. The van der Waals surface area contributed by atoms with Gasteiger partial charge in [-0.3, -0.25) is 0 Å². The van der Waals surface area contributed by atoms with E-state index in [2.05, 4.69) is 36.8 Å². The van der Waals surface area contributed by atoms with Crippen molar-refractivity contribution in [1.82, 2.24) is 4.98 Å². The summed E-state index contributed by atoms with van der Waals surface area (Å²) in [4.78, 5) is 2.88. The molecule has 1 heterocycles. The van der Waals surface area contributed by atoms with Gasteiger partial charge in [-0.2, -0.15) is 0 Å². The molecular formula is C6H2Br2ClF2NO2S. The van der Waals surface area contributed by atoms with Crippen molar-refractivity contribution >= 4 is 51.6 Å². The molecule has 0 aliphatic carbocycles. The molecule has 0 aliphatic heterocycles. The van der Waals surface area contributed by atoms with Crippen LogP contribution in [0.3, 0.4) is 0 Å². The SMILES string of the molecule is O=S(=O)(Cl)c1c(Br)cnc(Br)c1C(F)F. The van der Waals surface area contributed by atoms with E-state index in [1.165, 1.54) is 0 Å². The maximum absolute atomic E-state index is 12.6. The molecule has 9 heteroatoms. The predicted molar refractivity (Wildman–Crippen MR) is 57.6 cm³/mol. The second-order valence-electron chi connectivity index (χ2n) is 2.38. The van der Waals surface area contributed by atoms with Gasteiger partial charge in [0.1, 0.15) is 9.50 Å². The molecule has 0 radical (unpaired) electrons. The number of alkyl halides is 2. The summed E-state index contributed by atoms with van der Waals surface area (Å²) in [7, 11) is 0.789.